The van der Waals surface area contributed by atoms with Gasteiger partial charge in [-0.2, -0.15) is 0 Å². The molecule has 0 spiro atoms. The lowest BCUT2D eigenvalue weighted by Gasteiger charge is -2.08. The number of nitrogens with zero attached hydrogens (tertiary/aromatic N) is 2. The van der Waals surface area contributed by atoms with Crippen LogP contribution >= 0.6 is 11.3 Å². The maximum Gasteiger partial charge on any atom is 0.229 e. The Bertz CT molecular complexity index is 955. The summed E-state index contributed by atoms with van der Waals surface area (Å²) >= 11 is 1.30. The van der Waals surface area contributed by atoms with Crippen molar-refractivity contribution in [3.05, 3.63) is 36.1 Å². The molecule has 3 aromatic rings. The summed E-state index contributed by atoms with van der Waals surface area (Å²) in [5.41, 5.74) is 0.997. The second-order valence-corrected chi connectivity index (χ2v) is 6.75. The molecule has 0 bridgehead atoms. The summed E-state index contributed by atoms with van der Waals surface area (Å²) in [4.78, 5) is 21.3. The van der Waals surface area contributed by atoms with Crippen molar-refractivity contribution in [1.82, 2.24) is 9.97 Å². The largest absolute Gasteiger partial charge is 0.497 e. The first-order valence-electron chi connectivity index (χ1n) is 7.81. The van der Waals surface area contributed by atoms with Crippen LogP contribution in [0.5, 0.6) is 5.75 Å². The van der Waals surface area contributed by atoms with E-state index in [2.05, 4.69) is 20.6 Å². The third-order valence-electron chi connectivity index (χ3n) is 3.87. The fourth-order valence-electron chi connectivity index (χ4n) is 2.36. The zero-order valence-electron chi connectivity index (χ0n) is 13.4. The molecule has 1 aromatic carbocycles. The summed E-state index contributed by atoms with van der Waals surface area (Å²) in [7, 11) is 1.49. The van der Waals surface area contributed by atoms with Crippen molar-refractivity contribution in [2.45, 2.75) is 12.8 Å². The Kier molecular flexibility index (Phi) is 3.96. The minimum atomic E-state index is -0.428. The van der Waals surface area contributed by atoms with E-state index in [1.807, 2.05) is 0 Å². The summed E-state index contributed by atoms with van der Waals surface area (Å²) in [6, 6.07) is 8.07. The van der Waals surface area contributed by atoms with Crippen molar-refractivity contribution < 1.29 is 13.9 Å². The van der Waals surface area contributed by atoms with E-state index in [1.54, 1.807) is 24.3 Å². The highest BCUT2D eigenvalue weighted by Gasteiger charge is 2.30. The predicted molar refractivity (Wildman–Crippen MR) is 95.0 cm³/mol. The summed E-state index contributed by atoms with van der Waals surface area (Å²) < 4.78 is 19.0. The normalized spacial score (nSPS) is 13.7. The van der Waals surface area contributed by atoms with E-state index in [9.17, 15) is 9.18 Å². The molecular formula is C17H15FN4O2S. The number of amides is 1. The lowest BCUT2D eigenvalue weighted by atomic mass is 10.3. The number of nitrogens with one attached hydrogen (secondary N) is 2. The third kappa shape index (κ3) is 3.39. The first-order valence-corrected chi connectivity index (χ1v) is 8.63. The van der Waals surface area contributed by atoms with Crippen LogP contribution < -0.4 is 15.4 Å². The number of benzene rings is 1. The first-order chi connectivity index (χ1) is 12.1. The molecular weight excluding hydrogens is 343 g/mol. The number of carbonyl (C=O) groups is 1. The number of rotatable bonds is 5. The van der Waals surface area contributed by atoms with Gasteiger partial charge in [0, 0.05) is 12.0 Å². The van der Waals surface area contributed by atoms with Crippen LogP contribution in [0.3, 0.4) is 0 Å². The van der Waals surface area contributed by atoms with E-state index in [0.29, 0.717) is 32.7 Å². The lowest BCUT2D eigenvalue weighted by molar-refractivity contribution is -0.117. The van der Waals surface area contributed by atoms with Crippen molar-refractivity contribution in [3.63, 3.8) is 0 Å². The smallest absolute Gasteiger partial charge is 0.229 e. The minimum Gasteiger partial charge on any atom is -0.497 e. The monoisotopic (exact) mass is 358 g/mol. The molecule has 0 atom stereocenters. The van der Waals surface area contributed by atoms with E-state index in [1.165, 1.54) is 24.5 Å². The Morgan fingerprint density at radius 2 is 2.12 bits per heavy atom. The number of carbonyl (C=O) groups excluding carboxylic acids is 1. The van der Waals surface area contributed by atoms with E-state index < -0.39 is 5.82 Å². The number of ether oxygens (including phenoxy) is 1. The second-order valence-electron chi connectivity index (χ2n) is 5.77. The highest BCUT2D eigenvalue weighted by molar-refractivity contribution is 7.22. The Morgan fingerprint density at radius 1 is 1.28 bits per heavy atom. The molecule has 1 fully saturated rings. The quantitative estimate of drug-likeness (QED) is 0.723. The zero-order chi connectivity index (χ0) is 17.4. The number of anilines is 3. The number of thiazole rings is 1. The molecule has 2 heterocycles. The van der Waals surface area contributed by atoms with Gasteiger partial charge in [-0.05, 0) is 37.1 Å². The lowest BCUT2D eigenvalue weighted by Crippen LogP contribution is -2.12. The number of aromatic nitrogens is 2. The third-order valence-corrected chi connectivity index (χ3v) is 4.75. The second kappa shape index (κ2) is 6.29. The van der Waals surface area contributed by atoms with E-state index in [4.69, 9.17) is 4.74 Å². The number of halogens is 1. The molecule has 0 radical (unpaired) electrons. The van der Waals surface area contributed by atoms with Crippen molar-refractivity contribution >= 4 is 44.2 Å². The van der Waals surface area contributed by atoms with Gasteiger partial charge < -0.3 is 15.4 Å². The molecule has 2 aromatic heterocycles. The van der Waals surface area contributed by atoms with Crippen LogP contribution in [0.1, 0.15) is 12.8 Å². The number of hydrogen-bond acceptors (Lipinski definition) is 6. The molecule has 128 valence electrons. The molecule has 6 nitrogen and oxygen atoms in total. The fourth-order valence-corrected chi connectivity index (χ4v) is 3.20. The van der Waals surface area contributed by atoms with Crippen molar-refractivity contribution in [2.75, 3.05) is 17.7 Å². The van der Waals surface area contributed by atoms with Crippen LogP contribution in [-0.2, 0) is 4.79 Å². The molecule has 4 rings (SSSR count). The van der Waals surface area contributed by atoms with Crippen molar-refractivity contribution in [3.8, 4) is 5.75 Å². The molecule has 0 unspecified atom stereocenters. The summed E-state index contributed by atoms with van der Waals surface area (Å²) in [6.45, 7) is 0. The molecule has 2 N–H and O–H groups in total. The SMILES string of the molecule is COc1ccc(Nc2ccc3nc(NC(=O)C4CC4)sc3n2)c(F)c1. The highest BCUT2D eigenvalue weighted by atomic mass is 32.1. The average Bonchev–Trinajstić information content (AvgIpc) is 3.38. The number of pyridine rings is 1. The molecule has 1 aliphatic rings. The maximum atomic E-state index is 14.0. The minimum absolute atomic E-state index is 0.0118. The van der Waals surface area contributed by atoms with Gasteiger partial charge in [0.05, 0.1) is 12.8 Å². The number of methoxy groups -OCH3 is 1. The van der Waals surface area contributed by atoms with Crippen LogP contribution in [0, 0.1) is 11.7 Å². The van der Waals surface area contributed by atoms with Gasteiger partial charge in [0.2, 0.25) is 5.91 Å². The van der Waals surface area contributed by atoms with Gasteiger partial charge in [-0.15, -0.1) is 0 Å². The Hall–Kier alpha value is -2.74. The topological polar surface area (TPSA) is 76.1 Å². The molecule has 1 aliphatic carbocycles. The number of hydrogen-bond donors (Lipinski definition) is 2. The van der Waals surface area contributed by atoms with E-state index >= 15 is 0 Å². The highest BCUT2D eigenvalue weighted by Crippen LogP contribution is 2.32. The summed E-state index contributed by atoms with van der Waals surface area (Å²) in [5, 5.41) is 6.30. The number of fused-ring (bicyclic) bond motifs is 1. The van der Waals surface area contributed by atoms with Gasteiger partial charge in [-0.1, -0.05) is 11.3 Å². The van der Waals surface area contributed by atoms with Gasteiger partial charge in [-0.3, -0.25) is 4.79 Å². The maximum absolute atomic E-state index is 14.0. The van der Waals surface area contributed by atoms with Crippen LogP contribution in [0.4, 0.5) is 21.0 Å². The molecule has 1 amide bonds. The van der Waals surface area contributed by atoms with E-state index in [0.717, 1.165) is 12.8 Å². The zero-order valence-corrected chi connectivity index (χ0v) is 14.2. The standard InChI is InChI=1S/C17H15FN4O2S/c1-24-10-4-5-12(11(18)8-10)19-14-7-6-13-16(21-14)25-17(20-13)22-15(23)9-2-3-9/h4-9H,2-3H2,1H3,(H,19,21)(H,20,22,23). The first kappa shape index (κ1) is 15.8. The van der Waals surface area contributed by atoms with Gasteiger partial charge in [0.1, 0.15) is 27.7 Å². The van der Waals surface area contributed by atoms with Crippen molar-refractivity contribution in [2.24, 2.45) is 5.92 Å². The Labute approximate surface area is 147 Å². The van der Waals surface area contributed by atoms with Gasteiger partial charge in [0.15, 0.2) is 5.13 Å². The average molecular weight is 358 g/mol. The van der Waals surface area contributed by atoms with Crippen LogP contribution in [0.15, 0.2) is 30.3 Å². The summed E-state index contributed by atoms with van der Waals surface area (Å²) in [6.07, 6.45) is 1.88. The fraction of sp³-hybridized carbons (Fsp3) is 0.235. The molecule has 25 heavy (non-hydrogen) atoms. The van der Waals surface area contributed by atoms with Gasteiger partial charge >= 0.3 is 0 Å². The molecule has 0 aliphatic heterocycles. The van der Waals surface area contributed by atoms with E-state index in [-0.39, 0.29) is 11.8 Å². The van der Waals surface area contributed by atoms with Gasteiger partial charge in [-0.25, -0.2) is 14.4 Å². The predicted octanol–water partition coefficient (Wildman–Crippen LogP) is 3.93. The van der Waals surface area contributed by atoms with Crippen molar-refractivity contribution in [1.29, 1.82) is 0 Å². The molecule has 0 saturated heterocycles. The van der Waals surface area contributed by atoms with Crippen LogP contribution in [-0.4, -0.2) is 23.0 Å². The Morgan fingerprint density at radius 3 is 2.84 bits per heavy atom. The van der Waals surface area contributed by atoms with Gasteiger partial charge in [0.25, 0.3) is 0 Å². The molecule has 1 saturated carbocycles. The Balaban J connectivity index is 1.55. The molecule has 8 heteroatoms. The van der Waals surface area contributed by atoms with Crippen LogP contribution in [0.2, 0.25) is 0 Å². The van der Waals surface area contributed by atoms with Crippen LogP contribution in [0.25, 0.3) is 10.3 Å². The summed E-state index contributed by atoms with van der Waals surface area (Å²) in [5.74, 6) is 0.654.